The summed E-state index contributed by atoms with van der Waals surface area (Å²) in [6.45, 7) is 0. The lowest BCUT2D eigenvalue weighted by atomic mass is 10.1. The Bertz CT molecular complexity index is 421. The molecule has 17 heavy (non-hydrogen) atoms. The van der Waals surface area contributed by atoms with Gasteiger partial charge >= 0.3 is 5.97 Å². The Labute approximate surface area is 102 Å². The van der Waals surface area contributed by atoms with Crippen molar-refractivity contribution in [2.24, 2.45) is 0 Å². The molecule has 0 amide bonds. The van der Waals surface area contributed by atoms with Crippen LogP contribution in [0.15, 0.2) is 30.3 Å². The zero-order chi connectivity index (χ0) is 12.3. The Balaban J connectivity index is 2.01. The van der Waals surface area contributed by atoms with E-state index in [1.54, 1.807) is 0 Å². The lowest BCUT2D eigenvalue weighted by Crippen LogP contribution is -2.54. The minimum atomic E-state index is -1.04. The van der Waals surface area contributed by atoms with Gasteiger partial charge in [-0.05, 0) is 12.0 Å². The number of hydrogen-bond donors (Lipinski definition) is 2. The summed E-state index contributed by atoms with van der Waals surface area (Å²) in [7, 11) is -1.04. The second kappa shape index (κ2) is 5.42. The van der Waals surface area contributed by atoms with E-state index in [1.807, 2.05) is 30.3 Å². The van der Waals surface area contributed by atoms with E-state index in [2.05, 4.69) is 5.32 Å². The molecule has 0 aliphatic carbocycles. The van der Waals surface area contributed by atoms with Gasteiger partial charge in [0, 0.05) is 28.3 Å². The van der Waals surface area contributed by atoms with Crippen LogP contribution in [0, 0.1) is 0 Å². The average molecular weight is 253 g/mol. The highest BCUT2D eigenvalue weighted by atomic mass is 32.2. The summed E-state index contributed by atoms with van der Waals surface area (Å²) >= 11 is 0. The lowest BCUT2D eigenvalue weighted by Gasteiger charge is -2.28. The van der Waals surface area contributed by atoms with Crippen molar-refractivity contribution in [3.8, 4) is 0 Å². The van der Waals surface area contributed by atoms with Crippen molar-refractivity contribution >= 4 is 16.8 Å². The van der Waals surface area contributed by atoms with E-state index in [1.165, 1.54) is 0 Å². The molecular formula is C12H15NO3S. The Morgan fingerprint density at radius 3 is 2.71 bits per heavy atom. The van der Waals surface area contributed by atoms with Gasteiger partial charge in [0.25, 0.3) is 0 Å². The molecule has 0 radical (unpaired) electrons. The van der Waals surface area contributed by atoms with Crippen LogP contribution in [0.3, 0.4) is 0 Å². The largest absolute Gasteiger partial charge is 0.480 e. The van der Waals surface area contributed by atoms with Gasteiger partial charge < -0.3 is 5.11 Å². The molecule has 3 unspecified atom stereocenters. The smallest absolute Gasteiger partial charge is 0.321 e. The van der Waals surface area contributed by atoms with Crippen LogP contribution in [0.5, 0.6) is 0 Å². The summed E-state index contributed by atoms with van der Waals surface area (Å²) < 4.78 is 11.6. The highest BCUT2D eigenvalue weighted by molar-refractivity contribution is 7.85. The SMILES string of the molecule is O=C(O)C1CS(=O)CC(Cc2ccccc2)N1. The van der Waals surface area contributed by atoms with E-state index in [0.29, 0.717) is 5.75 Å². The molecule has 1 fully saturated rings. The van der Waals surface area contributed by atoms with Gasteiger partial charge in [0.2, 0.25) is 0 Å². The van der Waals surface area contributed by atoms with Gasteiger partial charge in [-0.2, -0.15) is 0 Å². The van der Waals surface area contributed by atoms with Crippen molar-refractivity contribution in [3.63, 3.8) is 0 Å². The number of benzene rings is 1. The minimum absolute atomic E-state index is 0.0203. The number of carboxylic acids is 1. The van der Waals surface area contributed by atoms with E-state index in [4.69, 9.17) is 5.11 Å². The highest BCUT2D eigenvalue weighted by Gasteiger charge is 2.30. The second-order valence-corrected chi connectivity index (χ2v) is 5.76. The summed E-state index contributed by atoms with van der Waals surface area (Å²) in [6.07, 6.45) is 0.719. The van der Waals surface area contributed by atoms with Crippen LogP contribution in [0.2, 0.25) is 0 Å². The molecule has 0 aromatic heterocycles. The number of rotatable bonds is 3. The van der Waals surface area contributed by atoms with Crippen molar-refractivity contribution in [2.45, 2.75) is 18.5 Å². The Kier molecular flexibility index (Phi) is 3.91. The quantitative estimate of drug-likeness (QED) is 0.818. The minimum Gasteiger partial charge on any atom is -0.480 e. The fraction of sp³-hybridized carbons (Fsp3) is 0.417. The van der Waals surface area contributed by atoms with Gasteiger partial charge in [0.05, 0.1) is 0 Å². The van der Waals surface area contributed by atoms with Crippen LogP contribution in [-0.2, 0) is 22.0 Å². The predicted molar refractivity (Wildman–Crippen MR) is 66.4 cm³/mol. The topological polar surface area (TPSA) is 66.4 Å². The monoisotopic (exact) mass is 253 g/mol. The summed E-state index contributed by atoms with van der Waals surface area (Å²) in [4.78, 5) is 10.9. The molecule has 1 aromatic rings. The molecule has 2 N–H and O–H groups in total. The molecule has 0 saturated carbocycles. The molecule has 3 atom stereocenters. The van der Waals surface area contributed by atoms with Gasteiger partial charge in [-0.3, -0.25) is 14.3 Å². The van der Waals surface area contributed by atoms with Gasteiger partial charge in [-0.15, -0.1) is 0 Å². The summed E-state index contributed by atoms with van der Waals surface area (Å²) in [5.74, 6) is -0.185. The first kappa shape index (κ1) is 12.3. The molecule has 1 saturated heterocycles. The fourth-order valence-electron chi connectivity index (χ4n) is 2.02. The van der Waals surface area contributed by atoms with E-state index >= 15 is 0 Å². The van der Waals surface area contributed by atoms with Crippen molar-refractivity contribution in [3.05, 3.63) is 35.9 Å². The van der Waals surface area contributed by atoms with Crippen molar-refractivity contribution in [1.82, 2.24) is 5.32 Å². The third-order valence-electron chi connectivity index (χ3n) is 2.80. The summed E-state index contributed by atoms with van der Waals surface area (Å²) in [5, 5.41) is 12.0. The van der Waals surface area contributed by atoms with E-state index in [-0.39, 0.29) is 11.8 Å². The summed E-state index contributed by atoms with van der Waals surface area (Å²) in [6, 6.07) is 9.12. The van der Waals surface area contributed by atoms with E-state index in [9.17, 15) is 9.00 Å². The van der Waals surface area contributed by atoms with Crippen LogP contribution in [-0.4, -0.2) is 38.9 Å². The molecule has 92 valence electrons. The van der Waals surface area contributed by atoms with Crippen LogP contribution in [0.1, 0.15) is 5.56 Å². The zero-order valence-corrected chi connectivity index (χ0v) is 10.2. The average Bonchev–Trinajstić information content (AvgIpc) is 2.29. The van der Waals surface area contributed by atoms with Crippen molar-refractivity contribution in [2.75, 3.05) is 11.5 Å². The van der Waals surface area contributed by atoms with Gasteiger partial charge in [0.15, 0.2) is 0 Å². The second-order valence-electron chi connectivity index (χ2n) is 4.22. The molecule has 1 heterocycles. The van der Waals surface area contributed by atoms with Crippen molar-refractivity contribution < 1.29 is 14.1 Å². The normalized spacial score (nSPS) is 28.8. The number of nitrogens with one attached hydrogen (secondary N) is 1. The Morgan fingerprint density at radius 2 is 2.06 bits per heavy atom. The maximum atomic E-state index is 11.6. The van der Waals surface area contributed by atoms with Crippen LogP contribution in [0.4, 0.5) is 0 Å². The number of carboxylic acid groups (broad SMARTS) is 1. The van der Waals surface area contributed by atoms with E-state index in [0.717, 1.165) is 12.0 Å². The van der Waals surface area contributed by atoms with E-state index < -0.39 is 22.8 Å². The third kappa shape index (κ3) is 3.38. The van der Waals surface area contributed by atoms with Crippen molar-refractivity contribution in [1.29, 1.82) is 0 Å². The first-order valence-electron chi connectivity index (χ1n) is 5.53. The maximum absolute atomic E-state index is 11.6. The molecule has 1 aliphatic heterocycles. The molecule has 1 aromatic carbocycles. The summed E-state index contributed by atoms with van der Waals surface area (Å²) in [5.41, 5.74) is 1.13. The Hall–Kier alpha value is -1.20. The predicted octanol–water partition coefficient (Wildman–Crippen LogP) is 0.403. The fourth-order valence-corrected chi connectivity index (χ4v) is 3.43. The standard InChI is InChI=1S/C12H15NO3S/c14-12(15)11-8-17(16)7-10(13-11)6-9-4-2-1-3-5-9/h1-5,10-11,13H,6-8H2,(H,14,15). The zero-order valence-electron chi connectivity index (χ0n) is 9.33. The van der Waals surface area contributed by atoms with Gasteiger partial charge in [-0.1, -0.05) is 30.3 Å². The Morgan fingerprint density at radius 1 is 1.35 bits per heavy atom. The number of aliphatic carboxylic acids is 1. The molecule has 1 aliphatic rings. The highest BCUT2D eigenvalue weighted by Crippen LogP contribution is 2.10. The van der Waals surface area contributed by atoms with Gasteiger partial charge in [-0.25, -0.2) is 0 Å². The number of carbonyl (C=O) groups is 1. The lowest BCUT2D eigenvalue weighted by molar-refractivity contribution is -0.139. The van der Waals surface area contributed by atoms with Crippen LogP contribution in [0.25, 0.3) is 0 Å². The first-order chi connectivity index (χ1) is 8.15. The third-order valence-corrected chi connectivity index (χ3v) is 4.28. The maximum Gasteiger partial charge on any atom is 0.321 e. The molecule has 0 spiro atoms. The molecule has 0 bridgehead atoms. The molecular weight excluding hydrogens is 238 g/mol. The molecule has 2 rings (SSSR count). The number of hydrogen-bond acceptors (Lipinski definition) is 3. The first-order valence-corrected chi connectivity index (χ1v) is 7.01. The molecule has 4 nitrogen and oxygen atoms in total. The van der Waals surface area contributed by atoms with Crippen LogP contribution >= 0.6 is 0 Å². The van der Waals surface area contributed by atoms with Gasteiger partial charge in [0.1, 0.15) is 6.04 Å². The molecule has 5 heteroatoms. The van der Waals surface area contributed by atoms with Crippen LogP contribution < -0.4 is 5.32 Å².